The van der Waals surface area contributed by atoms with E-state index in [9.17, 15) is 4.79 Å². The highest BCUT2D eigenvalue weighted by Gasteiger charge is 2.25. The van der Waals surface area contributed by atoms with Gasteiger partial charge in [0.15, 0.2) is 0 Å². The molecular weight excluding hydrogens is 216 g/mol. The largest absolute Gasteiger partial charge is 0.396 e. The van der Waals surface area contributed by atoms with Gasteiger partial charge in [0, 0.05) is 19.7 Å². The Morgan fingerprint density at radius 2 is 1.82 bits per heavy atom. The zero-order valence-electron chi connectivity index (χ0n) is 11.5. The minimum Gasteiger partial charge on any atom is -0.396 e. The molecule has 4 heteroatoms. The minimum absolute atomic E-state index is 0.0385. The average molecular weight is 244 g/mol. The maximum Gasteiger partial charge on any atom is 0.314 e. The van der Waals surface area contributed by atoms with Gasteiger partial charge in [-0.25, -0.2) is 4.79 Å². The van der Waals surface area contributed by atoms with E-state index in [2.05, 4.69) is 31.4 Å². The topological polar surface area (TPSA) is 61.4 Å². The highest BCUT2D eigenvalue weighted by molar-refractivity contribution is 5.73. The predicted molar refractivity (Wildman–Crippen MR) is 71.0 cm³/mol. The summed E-state index contributed by atoms with van der Waals surface area (Å²) < 4.78 is 0. The third-order valence-corrected chi connectivity index (χ3v) is 3.58. The molecule has 4 nitrogen and oxygen atoms in total. The minimum atomic E-state index is -0.0948. The second-order valence-corrected chi connectivity index (χ2v) is 4.64. The number of carbonyl (C=O) groups excluding carboxylic acids is 1. The second-order valence-electron chi connectivity index (χ2n) is 4.64. The molecule has 0 aliphatic rings. The molecule has 0 atom stereocenters. The van der Waals surface area contributed by atoms with Crippen molar-refractivity contribution >= 4 is 6.03 Å². The van der Waals surface area contributed by atoms with E-state index >= 15 is 0 Å². The summed E-state index contributed by atoms with van der Waals surface area (Å²) in [6, 6.07) is -0.0948. The van der Waals surface area contributed by atoms with Gasteiger partial charge in [0.1, 0.15) is 0 Å². The molecule has 17 heavy (non-hydrogen) atoms. The molecule has 102 valence electrons. The first-order valence-electron chi connectivity index (χ1n) is 6.76. The molecule has 0 heterocycles. The van der Waals surface area contributed by atoms with Gasteiger partial charge in [0.05, 0.1) is 0 Å². The molecule has 0 bridgehead atoms. The molecule has 0 rings (SSSR count). The van der Waals surface area contributed by atoms with Crippen LogP contribution in [0, 0.1) is 5.41 Å². The van der Waals surface area contributed by atoms with Crippen LogP contribution in [0.15, 0.2) is 0 Å². The van der Waals surface area contributed by atoms with Gasteiger partial charge in [0.25, 0.3) is 0 Å². The molecule has 0 saturated heterocycles. The molecule has 0 aromatic rings. The molecule has 0 radical (unpaired) electrons. The number of amides is 2. The van der Waals surface area contributed by atoms with Crippen molar-refractivity contribution in [1.29, 1.82) is 0 Å². The number of nitrogens with one attached hydrogen (secondary N) is 2. The van der Waals surface area contributed by atoms with Gasteiger partial charge in [-0.3, -0.25) is 0 Å². The van der Waals surface area contributed by atoms with Gasteiger partial charge in [-0.05, 0) is 31.1 Å². The van der Waals surface area contributed by atoms with Crippen molar-refractivity contribution in [3.63, 3.8) is 0 Å². The van der Waals surface area contributed by atoms with Crippen LogP contribution in [-0.2, 0) is 0 Å². The lowest BCUT2D eigenvalue weighted by atomic mass is 9.79. The first-order chi connectivity index (χ1) is 8.14. The number of rotatable bonds is 9. The van der Waals surface area contributed by atoms with Crippen molar-refractivity contribution in [3.8, 4) is 0 Å². The Hall–Kier alpha value is -0.770. The number of hydrogen-bond acceptors (Lipinski definition) is 2. The quantitative estimate of drug-likeness (QED) is 0.545. The zero-order valence-corrected chi connectivity index (χ0v) is 11.5. The van der Waals surface area contributed by atoms with E-state index in [0.29, 0.717) is 6.54 Å². The van der Waals surface area contributed by atoms with Gasteiger partial charge >= 0.3 is 6.03 Å². The fourth-order valence-corrected chi connectivity index (χ4v) is 1.89. The number of carbonyl (C=O) groups is 1. The number of aliphatic hydroxyl groups is 1. The predicted octanol–water partition coefficient (Wildman–Crippen LogP) is 2.27. The molecule has 0 unspecified atom stereocenters. The summed E-state index contributed by atoms with van der Waals surface area (Å²) in [5, 5.41) is 14.8. The van der Waals surface area contributed by atoms with E-state index in [1.807, 2.05) is 0 Å². The first kappa shape index (κ1) is 16.2. The van der Waals surface area contributed by atoms with Crippen LogP contribution in [0.25, 0.3) is 0 Å². The zero-order chi connectivity index (χ0) is 13.1. The fourth-order valence-electron chi connectivity index (χ4n) is 1.89. The van der Waals surface area contributed by atoms with E-state index in [1.54, 1.807) is 0 Å². The second kappa shape index (κ2) is 9.28. The van der Waals surface area contributed by atoms with Crippen molar-refractivity contribution in [1.82, 2.24) is 10.6 Å². The molecule has 0 spiro atoms. The lowest BCUT2D eigenvalue weighted by Crippen LogP contribution is -2.43. The van der Waals surface area contributed by atoms with Gasteiger partial charge in [-0.2, -0.15) is 0 Å². The fraction of sp³-hybridized carbons (Fsp3) is 0.923. The Balaban J connectivity index is 3.99. The normalized spacial score (nSPS) is 11.3. The maximum atomic E-state index is 11.5. The SMILES string of the molecule is CCCCNC(=O)NCC(CC)(CC)CCO. The van der Waals surface area contributed by atoms with Gasteiger partial charge < -0.3 is 15.7 Å². The molecular formula is C13H28N2O2. The Labute approximate surface area is 105 Å². The monoisotopic (exact) mass is 244 g/mol. The summed E-state index contributed by atoms with van der Waals surface area (Å²) in [4.78, 5) is 11.5. The average Bonchev–Trinajstić information content (AvgIpc) is 2.35. The summed E-state index contributed by atoms with van der Waals surface area (Å²) in [5.41, 5.74) is 0.0385. The first-order valence-corrected chi connectivity index (χ1v) is 6.76. The smallest absolute Gasteiger partial charge is 0.314 e. The van der Waals surface area contributed by atoms with Gasteiger partial charge in [-0.1, -0.05) is 27.2 Å². The Morgan fingerprint density at radius 3 is 2.29 bits per heavy atom. The molecule has 0 saturated carbocycles. The van der Waals surface area contributed by atoms with Crippen LogP contribution in [0.4, 0.5) is 4.79 Å². The Bertz CT molecular complexity index is 204. The van der Waals surface area contributed by atoms with Crippen LogP contribution in [0.5, 0.6) is 0 Å². The van der Waals surface area contributed by atoms with E-state index in [4.69, 9.17) is 5.11 Å². The summed E-state index contributed by atoms with van der Waals surface area (Å²) >= 11 is 0. The maximum absolute atomic E-state index is 11.5. The van der Waals surface area contributed by atoms with Crippen LogP contribution in [0.2, 0.25) is 0 Å². The summed E-state index contributed by atoms with van der Waals surface area (Å²) in [6.45, 7) is 7.86. The third kappa shape index (κ3) is 6.51. The van der Waals surface area contributed by atoms with E-state index in [0.717, 1.165) is 38.6 Å². The van der Waals surface area contributed by atoms with Crippen LogP contribution >= 0.6 is 0 Å². The number of unbranched alkanes of at least 4 members (excludes halogenated alkanes) is 1. The number of hydrogen-bond donors (Lipinski definition) is 3. The Morgan fingerprint density at radius 1 is 1.18 bits per heavy atom. The summed E-state index contributed by atoms with van der Waals surface area (Å²) in [6.07, 6.45) is 4.78. The van der Waals surface area contributed by atoms with Crippen molar-refractivity contribution in [2.24, 2.45) is 5.41 Å². The standard InChI is InChI=1S/C13H28N2O2/c1-4-7-9-14-12(17)15-11-13(5-2,6-3)8-10-16/h16H,4-11H2,1-3H3,(H2,14,15,17). The van der Waals surface area contributed by atoms with E-state index < -0.39 is 0 Å². The molecule has 0 aromatic carbocycles. The van der Waals surface area contributed by atoms with Crippen molar-refractivity contribution in [3.05, 3.63) is 0 Å². The van der Waals surface area contributed by atoms with Crippen LogP contribution in [-0.4, -0.2) is 30.8 Å². The molecule has 2 amide bonds. The molecule has 0 fully saturated rings. The van der Waals surface area contributed by atoms with E-state index in [-0.39, 0.29) is 18.1 Å². The third-order valence-electron chi connectivity index (χ3n) is 3.58. The molecule has 3 N–H and O–H groups in total. The number of aliphatic hydroxyl groups excluding tert-OH is 1. The van der Waals surface area contributed by atoms with E-state index in [1.165, 1.54) is 0 Å². The van der Waals surface area contributed by atoms with Gasteiger partial charge in [-0.15, -0.1) is 0 Å². The number of urea groups is 1. The molecule has 0 aliphatic heterocycles. The van der Waals surface area contributed by atoms with Crippen molar-refractivity contribution < 1.29 is 9.90 Å². The van der Waals surface area contributed by atoms with Crippen LogP contribution in [0.3, 0.4) is 0 Å². The molecule has 0 aliphatic carbocycles. The van der Waals surface area contributed by atoms with Gasteiger partial charge in [0.2, 0.25) is 0 Å². The summed E-state index contributed by atoms with van der Waals surface area (Å²) in [5.74, 6) is 0. The van der Waals surface area contributed by atoms with Crippen molar-refractivity contribution in [2.75, 3.05) is 19.7 Å². The summed E-state index contributed by atoms with van der Waals surface area (Å²) in [7, 11) is 0. The van der Waals surface area contributed by atoms with Crippen LogP contribution in [0.1, 0.15) is 52.9 Å². The lowest BCUT2D eigenvalue weighted by Gasteiger charge is -2.31. The van der Waals surface area contributed by atoms with Crippen LogP contribution < -0.4 is 10.6 Å². The Kier molecular flexibility index (Phi) is 8.86. The lowest BCUT2D eigenvalue weighted by molar-refractivity contribution is 0.163. The highest BCUT2D eigenvalue weighted by atomic mass is 16.3. The molecule has 0 aromatic heterocycles. The van der Waals surface area contributed by atoms with Crippen molar-refractivity contribution in [2.45, 2.75) is 52.9 Å². The highest BCUT2D eigenvalue weighted by Crippen LogP contribution is 2.29.